The van der Waals surface area contributed by atoms with Crippen molar-refractivity contribution in [1.29, 1.82) is 0 Å². The van der Waals surface area contributed by atoms with Crippen LogP contribution in [0.15, 0.2) is 36.4 Å². The molecule has 0 heterocycles. The fourth-order valence-corrected chi connectivity index (χ4v) is 5.31. The van der Waals surface area contributed by atoms with Crippen LogP contribution in [0.4, 0.5) is 0 Å². The number of fused-ring (bicyclic) bond motifs is 2. The first-order valence-electron chi connectivity index (χ1n) is 12.2. The van der Waals surface area contributed by atoms with Gasteiger partial charge >= 0.3 is 5.97 Å². The minimum atomic E-state index is -0.318. The largest absolute Gasteiger partial charge is 0.507 e. The summed E-state index contributed by atoms with van der Waals surface area (Å²) in [6.45, 7) is 10.8. The number of rotatable bonds is 6. The van der Waals surface area contributed by atoms with E-state index in [0.29, 0.717) is 12.4 Å². The molecule has 5 heteroatoms. The minimum absolute atomic E-state index is 0. The van der Waals surface area contributed by atoms with Crippen molar-refractivity contribution < 1.29 is 63.4 Å². The maximum atomic E-state index is 12.8. The van der Waals surface area contributed by atoms with Crippen LogP contribution in [0.2, 0.25) is 0 Å². The predicted molar refractivity (Wildman–Crippen MR) is 137 cm³/mol. The van der Waals surface area contributed by atoms with Gasteiger partial charge in [-0.25, -0.2) is 0 Å². The number of phenolic OH excluding ortho intramolecular Hbond substituents is 1. The van der Waals surface area contributed by atoms with E-state index in [1.54, 1.807) is 7.11 Å². The van der Waals surface area contributed by atoms with E-state index < -0.39 is 0 Å². The molecule has 4 rings (SSSR count). The second-order valence-corrected chi connectivity index (χ2v) is 10.3. The summed E-state index contributed by atoms with van der Waals surface area (Å²) in [6, 6.07) is 12.0. The molecule has 0 amide bonds. The summed E-state index contributed by atoms with van der Waals surface area (Å²) in [5.74, 6) is 0.766. The molecule has 4 nitrogen and oxygen atoms in total. The first kappa shape index (κ1) is 28.0. The number of hydrogen-bond acceptors (Lipinski definition) is 4. The molecule has 1 radical (unpaired) electrons. The number of carbonyl (C=O) groups excluding carboxylic acids is 1. The third-order valence-corrected chi connectivity index (χ3v) is 8.00. The van der Waals surface area contributed by atoms with Crippen LogP contribution in [-0.4, -0.2) is 24.8 Å². The topological polar surface area (TPSA) is 55.8 Å². The number of ether oxygens (including phenoxy) is 2. The standard InChI is InChI=1S/C30H36O4.Ac/c1-18-19(2)28(31)21(4)26-11-12-30(5,17-27(18)26)13-14-34-29(32)20(3)22-7-8-24-16-25(33-6)10-9-23(24)15-22;/h7-10,15-16,20,31H,11-14,17H2,1-6H3;/t20-,30+;/m0./s1. The van der Waals surface area contributed by atoms with E-state index in [4.69, 9.17) is 9.47 Å². The maximum Gasteiger partial charge on any atom is 0.313 e. The SMILES string of the molecule is COc1ccc2cc([C@H](C)C(=O)OCC[C@@]3(C)CCc4c(C)c(O)c(C)c(C)c4C3)ccc2c1.[Ac]. The van der Waals surface area contributed by atoms with Crippen LogP contribution < -0.4 is 4.74 Å². The van der Waals surface area contributed by atoms with Crippen LogP contribution in [-0.2, 0) is 22.4 Å². The molecule has 0 aliphatic heterocycles. The summed E-state index contributed by atoms with van der Waals surface area (Å²) >= 11 is 0. The Kier molecular flexibility index (Phi) is 8.98. The molecular formula is C30H36AcO4. The quantitative estimate of drug-likeness (QED) is 0.293. The van der Waals surface area contributed by atoms with Gasteiger partial charge < -0.3 is 14.6 Å². The number of methoxy groups -OCH3 is 1. The van der Waals surface area contributed by atoms with Crippen molar-refractivity contribution in [3.8, 4) is 11.5 Å². The molecule has 1 aliphatic carbocycles. The summed E-state index contributed by atoms with van der Waals surface area (Å²) in [6.07, 6.45) is 3.78. The number of benzene rings is 3. The first-order valence-corrected chi connectivity index (χ1v) is 12.2. The molecule has 0 fully saturated rings. The zero-order chi connectivity index (χ0) is 24.6. The number of phenols is 1. The molecule has 183 valence electrons. The van der Waals surface area contributed by atoms with E-state index in [1.807, 2.05) is 51.1 Å². The van der Waals surface area contributed by atoms with E-state index >= 15 is 0 Å². The second-order valence-electron chi connectivity index (χ2n) is 10.3. The molecular weight excluding hydrogens is 651 g/mol. The zero-order valence-electron chi connectivity index (χ0n) is 21.8. The van der Waals surface area contributed by atoms with Crippen LogP contribution >= 0.6 is 0 Å². The van der Waals surface area contributed by atoms with Crippen molar-refractivity contribution in [2.24, 2.45) is 5.41 Å². The van der Waals surface area contributed by atoms with Crippen molar-refractivity contribution in [3.63, 3.8) is 0 Å². The average Bonchev–Trinajstić information content (AvgIpc) is 2.84. The van der Waals surface area contributed by atoms with Crippen molar-refractivity contribution in [2.45, 2.75) is 66.2 Å². The van der Waals surface area contributed by atoms with Gasteiger partial charge in [0.2, 0.25) is 0 Å². The Bertz CT molecular complexity index is 1250. The Balaban J connectivity index is 0.00000342. The summed E-state index contributed by atoms with van der Waals surface area (Å²) in [5, 5.41) is 12.6. The van der Waals surface area contributed by atoms with E-state index in [-0.39, 0.29) is 61.4 Å². The normalized spacial score (nSPS) is 17.9. The Labute approximate surface area is 245 Å². The number of hydrogen-bond donors (Lipinski definition) is 1. The molecule has 1 N–H and O–H groups in total. The van der Waals surface area contributed by atoms with Gasteiger partial charge in [0.25, 0.3) is 0 Å². The maximum absolute atomic E-state index is 12.8. The van der Waals surface area contributed by atoms with Crippen LogP contribution in [0, 0.1) is 70.2 Å². The van der Waals surface area contributed by atoms with E-state index in [0.717, 1.165) is 58.9 Å². The Hall–Kier alpha value is -1.57. The first-order chi connectivity index (χ1) is 16.1. The molecule has 2 atom stereocenters. The Morgan fingerprint density at radius 1 is 1.03 bits per heavy atom. The smallest absolute Gasteiger partial charge is 0.313 e. The van der Waals surface area contributed by atoms with Gasteiger partial charge in [-0.05, 0) is 115 Å². The van der Waals surface area contributed by atoms with Crippen molar-refractivity contribution in [1.82, 2.24) is 0 Å². The van der Waals surface area contributed by atoms with Gasteiger partial charge in [0.05, 0.1) is 19.6 Å². The minimum Gasteiger partial charge on any atom is -0.507 e. The van der Waals surface area contributed by atoms with Crippen LogP contribution in [0.5, 0.6) is 11.5 Å². The molecule has 0 spiro atoms. The summed E-state index contributed by atoms with van der Waals surface area (Å²) in [4.78, 5) is 12.8. The molecule has 3 aromatic carbocycles. The summed E-state index contributed by atoms with van der Waals surface area (Å²) in [7, 11) is 1.66. The predicted octanol–water partition coefficient (Wildman–Crippen LogP) is 6.71. The molecule has 0 saturated heterocycles. The number of esters is 1. The number of aromatic hydroxyl groups is 1. The van der Waals surface area contributed by atoms with Crippen LogP contribution in [0.25, 0.3) is 10.8 Å². The van der Waals surface area contributed by atoms with Crippen LogP contribution in [0.1, 0.15) is 66.0 Å². The third kappa shape index (κ3) is 5.72. The molecule has 0 saturated carbocycles. The van der Waals surface area contributed by atoms with Gasteiger partial charge in [0.1, 0.15) is 11.5 Å². The second kappa shape index (κ2) is 11.2. The van der Waals surface area contributed by atoms with Crippen molar-refractivity contribution >= 4 is 16.7 Å². The molecule has 0 unspecified atom stereocenters. The fraction of sp³-hybridized carbons (Fsp3) is 0.433. The van der Waals surface area contributed by atoms with Gasteiger partial charge in [-0.2, -0.15) is 0 Å². The van der Waals surface area contributed by atoms with E-state index in [2.05, 4.69) is 19.9 Å². The zero-order valence-corrected chi connectivity index (χ0v) is 26.6. The summed E-state index contributed by atoms with van der Waals surface area (Å²) in [5.41, 5.74) is 6.92. The van der Waals surface area contributed by atoms with Gasteiger partial charge in [-0.1, -0.05) is 31.2 Å². The van der Waals surface area contributed by atoms with Gasteiger partial charge in [0.15, 0.2) is 0 Å². The fourth-order valence-electron chi connectivity index (χ4n) is 5.31. The van der Waals surface area contributed by atoms with Crippen molar-refractivity contribution in [3.05, 3.63) is 69.8 Å². The molecule has 0 bridgehead atoms. The molecule has 0 aromatic heterocycles. The average molecular weight is 688 g/mol. The third-order valence-electron chi connectivity index (χ3n) is 8.00. The van der Waals surface area contributed by atoms with E-state index in [1.165, 1.54) is 16.7 Å². The van der Waals surface area contributed by atoms with Gasteiger partial charge in [0, 0.05) is 44.1 Å². The molecule has 35 heavy (non-hydrogen) atoms. The van der Waals surface area contributed by atoms with Crippen LogP contribution in [0.3, 0.4) is 0 Å². The Morgan fingerprint density at radius 3 is 2.43 bits per heavy atom. The molecule has 1 aliphatic rings. The summed E-state index contributed by atoms with van der Waals surface area (Å²) < 4.78 is 11.1. The van der Waals surface area contributed by atoms with Crippen molar-refractivity contribution in [2.75, 3.05) is 13.7 Å². The van der Waals surface area contributed by atoms with Gasteiger partial charge in [-0.15, -0.1) is 0 Å². The Morgan fingerprint density at radius 2 is 1.71 bits per heavy atom. The monoisotopic (exact) mass is 687 g/mol. The number of carbonyl (C=O) groups is 1. The van der Waals surface area contributed by atoms with E-state index in [9.17, 15) is 9.90 Å². The molecule has 3 aromatic rings. The van der Waals surface area contributed by atoms with Gasteiger partial charge in [-0.3, -0.25) is 4.79 Å².